The second-order valence-electron chi connectivity index (χ2n) is 5.70. The van der Waals surface area contributed by atoms with Crippen molar-refractivity contribution in [1.82, 2.24) is 9.55 Å². The summed E-state index contributed by atoms with van der Waals surface area (Å²) in [4.78, 5) is 29.2. The number of fused-ring (bicyclic) bond motifs is 2. The molecule has 0 aliphatic carbocycles. The summed E-state index contributed by atoms with van der Waals surface area (Å²) < 4.78 is 6.73. The lowest BCUT2D eigenvalue weighted by atomic mass is 10.1. The van der Waals surface area contributed by atoms with Crippen LogP contribution in [-0.4, -0.2) is 21.6 Å². The monoisotopic (exact) mass is 311 g/mol. The zero-order valence-electron chi connectivity index (χ0n) is 12.9. The molecule has 1 aliphatic rings. The minimum Gasteiger partial charge on any atom is -0.444 e. The molecule has 0 N–H and O–H groups in total. The Kier molecular flexibility index (Phi) is 4.11. The van der Waals surface area contributed by atoms with E-state index in [4.69, 9.17) is 10.00 Å². The van der Waals surface area contributed by atoms with Crippen molar-refractivity contribution in [2.75, 3.05) is 0 Å². The Morgan fingerprint density at radius 3 is 3.00 bits per heavy atom. The Labute approximate surface area is 133 Å². The summed E-state index contributed by atoms with van der Waals surface area (Å²) in [6, 6.07) is 6.56. The van der Waals surface area contributed by atoms with Crippen molar-refractivity contribution in [2.24, 2.45) is 0 Å². The smallest absolute Gasteiger partial charge is 0.339 e. The number of aromatic nitrogens is 2. The van der Waals surface area contributed by atoms with E-state index in [0.29, 0.717) is 23.0 Å². The van der Waals surface area contributed by atoms with Gasteiger partial charge in [-0.1, -0.05) is 6.42 Å². The highest BCUT2D eigenvalue weighted by Crippen LogP contribution is 2.17. The molecule has 1 atom stereocenters. The van der Waals surface area contributed by atoms with Crippen LogP contribution in [0.15, 0.2) is 23.0 Å². The zero-order valence-corrected chi connectivity index (χ0v) is 12.9. The van der Waals surface area contributed by atoms with Gasteiger partial charge in [-0.15, -0.1) is 0 Å². The van der Waals surface area contributed by atoms with E-state index >= 15 is 0 Å². The average Bonchev–Trinajstić information content (AvgIpc) is 2.80. The average molecular weight is 311 g/mol. The van der Waals surface area contributed by atoms with Gasteiger partial charge in [-0.25, -0.2) is 9.78 Å². The van der Waals surface area contributed by atoms with Crippen molar-refractivity contribution in [3.05, 3.63) is 39.9 Å². The molecule has 1 aromatic carbocycles. The van der Waals surface area contributed by atoms with E-state index in [1.54, 1.807) is 22.8 Å². The summed E-state index contributed by atoms with van der Waals surface area (Å²) in [5.74, 6) is 0.189. The van der Waals surface area contributed by atoms with Gasteiger partial charge in [0.25, 0.3) is 5.56 Å². The number of ether oxygens (including phenoxy) is 1. The van der Waals surface area contributed by atoms with Gasteiger partial charge in [-0.3, -0.25) is 9.36 Å². The molecule has 0 unspecified atom stereocenters. The van der Waals surface area contributed by atoms with Gasteiger partial charge in [-0.05, 0) is 38.0 Å². The molecule has 23 heavy (non-hydrogen) atoms. The van der Waals surface area contributed by atoms with E-state index in [1.165, 1.54) is 6.92 Å². The SMILES string of the molecule is C[C@@H](C#N)OC(=O)c1ccc2c(=O)n3c(nc2c1)CCCCC3. The quantitative estimate of drug-likeness (QED) is 0.794. The third-order valence-electron chi connectivity index (χ3n) is 4.02. The van der Waals surface area contributed by atoms with Gasteiger partial charge in [0.15, 0.2) is 6.10 Å². The second-order valence-corrected chi connectivity index (χ2v) is 5.70. The molecule has 1 aliphatic heterocycles. The van der Waals surface area contributed by atoms with Crippen molar-refractivity contribution in [3.63, 3.8) is 0 Å². The summed E-state index contributed by atoms with van der Waals surface area (Å²) in [6.45, 7) is 2.20. The minimum atomic E-state index is -0.816. The molecule has 0 bridgehead atoms. The van der Waals surface area contributed by atoms with E-state index in [1.807, 2.05) is 6.07 Å². The second kappa shape index (κ2) is 6.21. The Morgan fingerprint density at radius 1 is 1.39 bits per heavy atom. The summed E-state index contributed by atoms with van der Waals surface area (Å²) in [5.41, 5.74) is 0.740. The normalized spacial score (nSPS) is 15.3. The maximum Gasteiger partial charge on any atom is 0.339 e. The first-order chi connectivity index (χ1) is 11.1. The van der Waals surface area contributed by atoms with Gasteiger partial charge in [0.2, 0.25) is 0 Å². The summed E-state index contributed by atoms with van der Waals surface area (Å²) in [6.07, 6.45) is 3.04. The van der Waals surface area contributed by atoms with Crippen molar-refractivity contribution >= 4 is 16.9 Å². The third kappa shape index (κ3) is 2.95. The topological polar surface area (TPSA) is 85.0 Å². The molecule has 6 heteroatoms. The molecular weight excluding hydrogens is 294 g/mol. The maximum absolute atomic E-state index is 12.6. The van der Waals surface area contributed by atoms with E-state index < -0.39 is 12.1 Å². The first-order valence-corrected chi connectivity index (χ1v) is 7.74. The largest absolute Gasteiger partial charge is 0.444 e. The fourth-order valence-corrected chi connectivity index (χ4v) is 2.80. The molecule has 1 aromatic heterocycles. The standard InChI is InChI=1S/C17H17N3O3/c1-11(10-18)23-17(22)12-6-7-13-14(9-12)19-15-5-3-2-4-8-20(15)16(13)21/h6-7,9,11H,2-5,8H2,1H3/t11-/m0/s1. The van der Waals surface area contributed by atoms with Crippen LogP contribution in [0, 0.1) is 11.3 Å². The Morgan fingerprint density at radius 2 is 2.22 bits per heavy atom. The zero-order chi connectivity index (χ0) is 16.4. The number of aryl methyl sites for hydroxylation is 1. The third-order valence-corrected chi connectivity index (χ3v) is 4.02. The van der Waals surface area contributed by atoms with Gasteiger partial charge in [0.05, 0.1) is 16.5 Å². The Bertz CT molecular complexity index is 864. The molecule has 6 nitrogen and oxygen atoms in total. The highest BCUT2D eigenvalue weighted by atomic mass is 16.5. The molecule has 0 fully saturated rings. The molecule has 0 saturated carbocycles. The lowest BCUT2D eigenvalue weighted by Gasteiger charge is -2.11. The lowest BCUT2D eigenvalue weighted by molar-refractivity contribution is 0.0435. The molecule has 118 valence electrons. The molecule has 0 amide bonds. The summed E-state index contributed by atoms with van der Waals surface area (Å²) in [7, 11) is 0. The van der Waals surface area contributed by atoms with Gasteiger partial charge in [0.1, 0.15) is 11.9 Å². The van der Waals surface area contributed by atoms with Gasteiger partial charge in [0, 0.05) is 13.0 Å². The van der Waals surface area contributed by atoms with Crippen LogP contribution in [0.2, 0.25) is 0 Å². The number of nitriles is 1. The number of hydrogen-bond donors (Lipinski definition) is 0. The van der Waals surface area contributed by atoms with Crippen molar-refractivity contribution in [1.29, 1.82) is 5.26 Å². The van der Waals surface area contributed by atoms with Crippen molar-refractivity contribution < 1.29 is 9.53 Å². The molecule has 3 rings (SSSR count). The highest BCUT2D eigenvalue weighted by Gasteiger charge is 2.16. The Balaban J connectivity index is 2.05. The van der Waals surface area contributed by atoms with Crippen LogP contribution >= 0.6 is 0 Å². The van der Waals surface area contributed by atoms with Crippen LogP contribution < -0.4 is 5.56 Å². The predicted molar refractivity (Wildman–Crippen MR) is 84.0 cm³/mol. The summed E-state index contributed by atoms with van der Waals surface area (Å²) in [5, 5.41) is 9.21. The van der Waals surface area contributed by atoms with Crippen LogP contribution in [-0.2, 0) is 17.7 Å². The number of hydrogen-bond acceptors (Lipinski definition) is 5. The number of esters is 1. The van der Waals surface area contributed by atoms with Crippen LogP contribution in [0.25, 0.3) is 10.9 Å². The molecular formula is C17H17N3O3. The van der Waals surface area contributed by atoms with Crippen molar-refractivity contribution in [2.45, 2.75) is 45.3 Å². The first kappa shape index (κ1) is 15.2. The molecule has 0 saturated heterocycles. The molecule has 2 heterocycles. The van der Waals surface area contributed by atoms with Crippen LogP contribution in [0.4, 0.5) is 0 Å². The number of benzene rings is 1. The maximum atomic E-state index is 12.6. The van der Waals surface area contributed by atoms with Gasteiger partial charge < -0.3 is 4.74 Å². The highest BCUT2D eigenvalue weighted by molar-refractivity contribution is 5.94. The first-order valence-electron chi connectivity index (χ1n) is 7.74. The van der Waals surface area contributed by atoms with Crippen LogP contribution in [0.5, 0.6) is 0 Å². The molecule has 2 aromatic rings. The number of carbonyl (C=O) groups excluding carboxylic acids is 1. The van der Waals surface area contributed by atoms with E-state index in [0.717, 1.165) is 31.5 Å². The van der Waals surface area contributed by atoms with E-state index in [9.17, 15) is 9.59 Å². The van der Waals surface area contributed by atoms with Crippen molar-refractivity contribution in [3.8, 4) is 6.07 Å². The fourth-order valence-electron chi connectivity index (χ4n) is 2.80. The number of nitrogens with zero attached hydrogens (tertiary/aromatic N) is 3. The number of rotatable bonds is 2. The Hall–Kier alpha value is -2.68. The van der Waals surface area contributed by atoms with Crippen LogP contribution in [0.3, 0.4) is 0 Å². The fraction of sp³-hybridized carbons (Fsp3) is 0.412. The summed E-state index contributed by atoms with van der Waals surface area (Å²) >= 11 is 0. The minimum absolute atomic E-state index is 0.0581. The van der Waals surface area contributed by atoms with E-state index in [2.05, 4.69) is 4.98 Å². The molecule has 0 radical (unpaired) electrons. The lowest BCUT2D eigenvalue weighted by Crippen LogP contribution is -2.24. The molecule has 0 spiro atoms. The van der Waals surface area contributed by atoms with Crippen LogP contribution in [0.1, 0.15) is 42.4 Å². The van der Waals surface area contributed by atoms with Gasteiger partial charge >= 0.3 is 5.97 Å². The van der Waals surface area contributed by atoms with E-state index in [-0.39, 0.29) is 5.56 Å². The van der Waals surface area contributed by atoms with Gasteiger partial charge in [-0.2, -0.15) is 5.26 Å². The number of carbonyl (C=O) groups is 1. The predicted octanol–water partition coefficient (Wildman–Crippen LogP) is 2.19.